The average molecular weight is 399 g/mol. The number of nitrogens with zero attached hydrogens (tertiary/aromatic N) is 1. The highest BCUT2D eigenvalue weighted by molar-refractivity contribution is 5.20. The predicted molar refractivity (Wildman–Crippen MR) is 112 cm³/mol. The van der Waals surface area contributed by atoms with Gasteiger partial charge in [-0.1, -0.05) is 42.5 Å². The zero-order valence-electron chi connectivity index (χ0n) is 16.8. The van der Waals surface area contributed by atoms with Crippen molar-refractivity contribution in [3.63, 3.8) is 0 Å². The molecule has 1 aliphatic heterocycles. The SMILES string of the molecule is O[C@@H]1C[C@@H](O)[C@H](NCc2ccc(F)cc2)C[C@H]1N1CCC(c2ccccc2)CC1. The van der Waals surface area contributed by atoms with Crippen molar-refractivity contribution in [3.8, 4) is 0 Å². The summed E-state index contributed by atoms with van der Waals surface area (Å²) < 4.78 is 13.1. The van der Waals surface area contributed by atoms with Crippen molar-refractivity contribution in [1.82, 2.24) is 10.2 Å². The molecule has 1 aliphatic carbocycles. The number of hydrogen-bond acceptors (Lipinski definition) is 4. The second-order valence-electron chi connectivity index (χ2n) is 8.51. The maximum atomic E-state index is 13.1. The molecule has 0 spiro atoms. The molecule has 5 heteroatoms. The van der Waals surface area contributed by atoms with E-state index in [0.717, 1.165) is 37.9 Å². The summed E-state index contributed by atoms with van der Waals surface area (Å²) in [5.74, 6) is 0.347. The third-order valence-corrected chi connectivity index (χ3v) is 6.64. The fraction of sp³-hybridized carbons (Fsp3) is 0.500. The molecule has 4 atom stereocenters. The van der Waals surface area contributed by atoms with Crippen LogP contribution in [0.4, 0.5) is 4.39 Å². The lowest BCUT2D eigenvalue weighted by molar-refractivity contribution is -0.0489. The summed E-state index contributed by atoms with van der Waals surface area (Å²) >= 11 is 0. The van der Waals surface area contributed by atoms with Gasteiger partial charge in [0.25, 0.3) is 0 Å². The minimum Gasteiger partial charge on any atom is -0.391 e. The summed E-state index contributed by atoms with van der Waals surface area (Å²) in [7, 11) is 0. The lowest BCUT2D eigenvalue weighted by Crippen LogP contribution is -2.57. The quantitative estimate of drug-likeness (QED) is 0.725. The smallest absolute Gasteiger partial charge is 0.123 e. The number of piperidine rings is 1. The molecule has 29 heavy (non-hydrogen) atoms. The first-order valence-corrected chi connectivity index (χ1v) is 10.7. The molecule has 0 amide bonds. The Morgan fingerprint density at radius 3 is 2.28 bits per heavy atom. The molecule has 2 aliphatic rings. The van der Waals surface area contributed by atoms with E-state index in [1.54, 1.807) is 12.1 Å². The van der Waals surface area contributed by atoms with Crippen LogP contribution in [0.1, 0.15) is 42.7 Å². The second kappa shape index (κ2) is 9.35. The van der Waals surface area contributed by atoms with Gasteiger partial charge in [0.05, 0.1) is 12.2 Å². The van der Waals surface area contributed by atoms with E-state index in [0.29, 0.717) is 18.9 Å². The van der Waals surface area contributed by atoms with Gasteiger partial charge in [0.1, 0.15) is 5.82 Å². The third kappa shape index (κ3) is 5.04. The largest absolute Gasteiger partial charge is 0.391 e. The van der Waals surface area contributed by atoms with Gasteiger partial charge in [0, 0.05) is 25.0 Å². The van der Waals surface area contributed by atoms with Crippen LogP contribution in [0.25, 0.3) is 0 Å². The van der Waals surface area contributed by atoms with Gasteiger partial charge < -0.3 is 15.5 Å². The Hall–Kier alpha value is -1.79. The van der Waals surface area contributed by atoms with Crippen molar-refractivity contribution in [3.05, 3.63) is 71.5 Å². The molecule has 3 N–H and O–H groups in total. The van der Waals surface area contributed by atoms with Gasteiger partial charge in [-0.25, -0.2) is 4.39 Å². The number of aliphatic hydroxyl groups excluding tert-OH is 2. The summed E-state index contributed by atoms with van der Waals surface area (Å²) in [5.41, 5.74) is 2.40. The Morgan fingerprint density at radius 1 is 0.897 bits per heavy atom. The molecule has 2 fully saturated rings. The minimum atomic E-state index is -0.566. The highest BCUT2D eigenvalue weighted by atomic mass is 19.1. The van der Waals surface area contributed by atoms with Crippen LogP contribution in [-0.4, -0.2) is 52.5 Å². The van der Waals surface area contributed by atoms with Gasteiger partial charge in [0.2, 0.25) is 0 Å². The normalized spacial score (nSPS) is 29.1. The molecule has 156 valence electrons. The molecule has 0 unspecified atom stereocenters. The Bertz CT molecular complexity index is 762. The van der Waals surface area contributed by atoms with Gasteiger partial charge in [-0.3, -0.25) is 4.90 Å². The lowest BCUT2D eigenvalue weighted by atomic mass is 9.82. The van der Waals surface area contributed by atoms with Crippen LogP contribution in [0.3, 0.4) is 0 Å². The third-order valence-electron chi connectivity index (χ3n) is 6.64. The van der Waals surface area contributed by atoms with Crippen LogP contribution in [0, 0.1) is 5.82 Å². The molecule has 2 aromatic carbocycles. The summed E-state index contributed by atoms with van der Waals surface area (Å²) in [5, 5.41) is 24.5. The fourth-order valence-electron chi connectivity index (χ4n) is 4.90. The number of aliphatic hydroxyl groups is 2. The molecule has 1 heterocycles. The highest BCUT2D eigenvalue weighted by Gasteiger charge is 2.39. The zero-order valence-corrected chi connectivity index (χ0v) is 16.8. The van der Waals surface area contributed by atoms with E-state index in [4.69, 9.17) is 0 Å². The Morgan fingerprint density at radius 2 is 1.59 bits per heavy atom. The van der Waals surface area contributed by atoms with Crippen LogP contribution in [-0.2, 0) is 6.54 Å². The van der Waals surface area contributed by atoms with E-state index < -0.39 is 12.2 Å². The molecular formula is C24H31FN2O2. The molecular weight excluding hydrogens is 367 g/mol. The van der Waals surface area contributed by atoms with Crippen LogP contribution in [0.15, 0.2) is 54.6 Å². The van der Waals surface area contributed by atoms with Crippen LogP contribution < -0.4 is 5.32 Å². The minimum absolute atomic E-state index is 0.0692. The van der Waals surface area contributed by atoms with Crippen LogP contribution >= 0.6 is 0 Å². The van der Waals surface area contributed by atoms with Crippen molar-refractivity contribution < 1.29 is 14.6 Å². The number of likely N-dealkylation sites (tertiary alicyclic amines) is 1. The topological polar surface area (TPSA) is 55.7 Å². The highest BCUT2D eigenvalue weighted by Crippen LogP contribution is 2.32. The van der Waals surface area contributed by atoms with E-state index >= 15 is 0 Å². The van der Waals surface area contributed by atoms with E-state index in [9.17, 15) is 14.6 Å². The van der Waals surface area contributed by atoms with Crippen molar-refractivity contribution in [2.75, 3.05) is 13.1 Å². The standard InChI is InChI=1S/C24H31FN2O2/c25-20-8-6-17(7-9-20)16-26-21-14-22(24(29)15-23(21)28)27-12-10-19(11-13-27)18-4-2-1-3-5-18/h1-9,19,21-24,26,28-29H,10-16H2/t21-,22-,23-,24-/m1/s1. The van der Waals surface area contributed by atoms with Crippen LogP contribution in [0.5, 0.6) is 0 Å². The lowest BCUT2D eigenvalue weighted by Gasteiger charge is -2.45. The van der Waals surface area contributed by atoms with Crippen molar-refractivity contribution in [2.24, 2.45) is 0 Å². The molecule has 0 radical (unpaired) electrons. The average Bonchev–Trinajstić information content (AvgIpc) is 2.75. The Balaban J connectivity index is 1.33. The molecule has 0 bridgehead atoms. The summed E-state index contributed by atoms with van der Waals surface area (Å²) in [6.07, 6.45) is 2.25. The van der Waals surface area contributed by atoms with Crippen molar-refractivity contribution in [2.45, 2.75) is 62.4 Å². The summed E-state index contributed by atoms with van der Waals surface area (Å²) in [6.45, 7) is 2.53. The molecule has 1 saturated carbocycles. The summed E-state index contributed by atoms with van der Waals surface area (Å²) in [6, 6.07) is 17.1. The van der Waals surface area contributed by atoms with Gasteiger partial charge >= 0.3 is 0 Å². The molecule has 2 aromatic rings. The monoisotopic (exact) mass is 398 g/mol. The first kappa shape index (κ1) is 20.5. The number of halogens is 1. The molecule has 4 rings (SSSR count). The number of rotatable bonds is 5. The van der Waals surface area contributed by atoms with Gasteiger partial charge in [-0.2, -0.15) is 0 Å². The maximum Gasteiger partial charge on any atom is 0.123 e. The number of nitrogens with one attached hydrogen (secondary N) is 1. The number of hydrogen-bond donors (Lipinski definition) is 3. The Labute approximate surface area is 172 Å². The van der Waals surface area contributed by atoms with E-state index in [2.05, 4.69) is 40.5 Å². The predicted octanol–water partition coefficient (Wildman–Crippen LogP) is 3.05. The van der Waals surface area contributed by atoms with Gasteiger partial charge in [-0.15, -0.1) is 0 Å². The molecule has 1 saturated heterocycles. The zero-order chi connectivity index (χ0) is 20.2. The van der Waals surface area contributed by atoms with Crippen molar-refractivity contribution in [1.29, 1.82) is 0 Å². The number of benzene rings is 2. The maximum absolute atomic E-state index is 13.1. The Kier molecular flexibility index (Phi) is 6.60. The molecule has 0 aromatic heterocycles. The van der Waals surface area contributed by atoms with Crippen molar-refractivity contribution >= 4 is 0 Å². The van der Waals surface area contributed by atoms with Crippen LogP contribution in [0.2, 0.25) is 0 Å². The first-order valence-electron chi connectivity index (χ1n) is 10.7. The second-order valence-corrected chi connectivity index (χ2v) is 8.51. The van der Waals surface area contributed by atoms with Gasteiger partial charge in [0.15, 0.2) is 0 Å². The van der Waals surface area contributed by atoms with E-state index in [1.165, 1.54) is 17.7 Å². The fourth-order valence-corrected chi connectivity index (χ4v) is 4.90. The summed E-state index contributed by atoms with van der Waals surface area (Å²) in [4.78, 5) is 2.41. The first-order chi connectivity index (χ1) is 14.1. The molecule has 4 nitrogen and oxygen atoms in total. The van der Waals surface area contributed by atoms with E-state index in [-0.39, 0.29) is 17.9 Å². The van der Waals surface area contributed by atoms with Gasteiger partial charge in [-0.05, 0) is 61.5 Å². The van der Waals surface area contributed by atoms with E-state index in [1.807, 2.05) is 0 Å².